The molecule has 0 bridgehead atoms. The normalized spacial score (nSPS) is 11.1. The Balaban J connectivity index is 2.06. The molecule has 19 heavy (non-hydrogen) atoms. The zero-order valence-corrected chi connectivity index (χ0v) is 11.6. The lowest BCUT2D eigenvalue weighted by atomic mass is 10.2. The van der Waals surface area contributed by atoms with Gasteiger partial charge in [0, 0.05) is 18.4 Å². The van der Waals surface area contributed by atoms with E-state index in [0.717, 1.165) is 22.2 Å². The van der Waals surface area contributed by atoms with Gasteiger partial charge in [-0.1, -0.05) is 41.4 Å². The molecule has 0 spiro atoms. The molecule has 1 aromatic heterocycles. The first kappa shape index (κ1) is 12.4. The number of fused-ring (bicyclic) bond motifs is 1. The molecule has 0 aliphatic rings. The van der Waals surface area contributed by atoms with Gasteiger partial charge >= 0.3 is 0 Å². The van der Waals surface area contributed by atoms with Crippen LogP contribution >= 0.6 is 23.2 Å². The molecule has 2 aromatic carbocycles. The van der Waals surface area contributed by atoms with E-state index >= 15 is 0 Å². The Morgan fingerprint density at radius 2 is 1.89 bits per heavy atom. The number of nitrogens with two attached hydrogens (primary N) is 1. The third-order valence-corrected chi connectivity index (χ3v) is 4.03. The highest BCUT2D eigenvalue weighted by atomic mass is 35.5. The maximum atomic E-state index is 6.22. The third kappa shape index (κ3) is 2.29. The van der Waals surface area contributed by atoms with Crippen LogP contribution in [0.3, 0.4) is 0 Å². The number of nitrogen functional groups attached to an aromatic ring is 1. The number of nitrogens with zero attached hydrogens (tertiary/aromatic N) is 1. The molecule has 0 fully saturated rings. The average molecular weight is 291 g/mol. The van der Waals surface area contributed by atoms with Crippen LogP contribution in [0.1, 0.15) is 5.56 Å². The average Bonchev–Trinajstić information content (AvgIpc) is 2.78. The molecule has 2 nitrogen and oxygen atoms in total. The van der Waals surface area contributed by atoms with Gasteiger partial charge in [-0.15, -0.1) is 0 Å². The summed E-state index contributed by atoms with van der Waals surface area (Å²) in [5.74, 6) is 0. The minimum absolute atomic E-state index is 0.579. The molecule has 0 amide bonds. The van der Waals surface area contributed by atoms with Crippen molar-refractivity contribution in [3.05, 3.63) is 64.3 Å². The second kappa shape index (κ2) is 4.80. The largest absolute Gasteiger partial charge is 0.399 e. The second-order valence-corrected chi connectivity index (χ2v) is 5.26. The van der Waals surface area contributed by atoms with E-state index < -0.39 is 0 Å². The Hall–Kier alpha value is -1.64. The topological polar surface area (TPSA) is 30.9 Å². The zero-order valence-electron chi connectivity index (χ0n) is 10.1. The number of anilines is 1. The van der Waals surface area contributed by atoms with Crippen molar-refractivity contribution >= 4 is 39.8 Å². The maximum Gasteiger partial charge on any atom is 0.0642 e. The summed E-state index contributed by atoms with van der Waals surface area (Å²) >= 11 is 12.3. The van der Waals surface area contributed by atoms with Gasteiger partial charge in [-0.05, 0) is 35.2 Å². The SMILES string of the molecule is Nc1ccc2ccn(Cc3cccc(Cl)c3Cl)c2c1. The van der Waals surface area contributed by atoms with E-state index in [0.29, 0.717) is 16.6 Å². The van der Waals surface area contributed by atoms with Gasteiger partial charge in [0.2, 0.25) is 0 Å². The fraction of sp³-hybridized carbons (Fsp3) is 0.0667. The molecule has 3 rings (SSSR count). The minimum Gasteiger partial charge on any atom is -0.399 e. The van der Waals surface area contributed by atoms with Gasteiger partial charge in [-0.2, -0.15) is 0 Å². The summed E-state index contributed by atoms with van der Waals surface area (Å²) in [7, 11) is 0. The summed E-state index contributed by atoms with van der Waals surface area (Å²) in [6.07, 6.45) is 2.03. The van der Waals surface area contributed by atoms with Crippen molar-refractivity contribution in [3.63, 3.8) is 0 Å². The minimum atomic E-state index is 0.579. The third-order valence-electron chi connectivity index (χ3n) is 3.17. The van der Waals surface area contributed by atoms with Crippen LogP contribution < -0.4 is 5.73 Å². The Morgan fingerprint density at radius 1 is 1.05 bits per heavy atom. The fourth-order valence-corrected chi connectivity index (χ4v) is 2.57. The fourth-order valence-electron chi connectivity index (χ4n) is 2.19. The summed E-state index contributed by atoms with van der Waals surface area (Å²) in [5, 5.41) is 2.34. The standard InChI is InChI=1S/C15H12Cl2N2/c16-13-3-1-2-11(15(13)17)9-19-7-6-10-4-5-12(18)8-14(10)19/h1-8H,9,18H2. The van der Waals surface area contributed by atoms with Gasteiger partial charge < -0.3 is 10.3 Å². The van der Waals surface area contributed by atoms with Crippen LogP contribution in [0, 0.1) is 0 Å². The number of hydrogen-bond donors (Lipinski definition) is 1. The molecular formula is C15H12Cl2N2. The van der Waals surface area contributed by atoms with Gasteiger partial charge in [-0.3, -0.25) is 0 Å². The second-order valence-electron chi connectivity index (χ2n) is 4.47. The lowest BCUT2D eigenvalue weighted by Crippen LogP contribution is -1.99. The molecule has 2 N–H and O–H groups in total. The molecule has 0 unspecified atom stereocenters. The maximum absolute atomic E-state index is 6.22. The Morgan fingerprint density at radius 3 is 2.74 bits per heavy atom. The van der Waals surface area contributed by atoms with Crippen molar-refractivity contribution in [2.75, 3.05) is 5.73 Å². The highest BCUT2D eigenvalue weighted by Gasteiger charge is 2.07. The number of rotatable bonds is 2. The van der Waals surface area contributed by atoms with Gasteiger partial charge in [0.05, 0.1) is 15.6 Å². The highest BCUT2D eigenvalue weighted by molar-refractivity contribution is 6.42. The molecule has 4 heteroatoms. The van der Waals surface area contributed by atoms with Crippen molar-refractivity contribution in [2.45, 2.75) is 6.54 Å². The van der Waals surface area contributed by atoms with E-state index in [1.807, 2.05) is 36.5 Å². The summed E-state index contributed by atoms with van der Waals surface area (Å²) < 4.78 is 2.11. The Bertz CT molecular complexity index is 747. The Kier molecular flexibility index (Phi) is 3.13. The van der Waals surface area contributed by atoms with Crippen LogP contribution in [0.15, 0.2) is 48.7 Å². The molecule has 1 heterocycles. The van der Waals surface area contributed by atoms with E-state index in [-0.39, 0.29) is 0 Å². The summed E-state index contributed by atoms with van der Waals surface area (Å²) in [5.41, 5.74) is 8.68. The van der Waals surface area contributed by atoms with Crippen molar-refractivity contribution in [2.24, 2.45) is 0 Å². The van der Waals surface area contributed by atoms with Crippen LogP contribution in [0.5, 0.6) is 0 Å². The van der Waals surface area contributed by atoms with Crippen molar-refractivity contribution in [1.82, 2.24) is 4.57 Å². The van der Waals surface area contributed by atoms with Crippen molar-refractivity contribution in [1.29, 1.82) is 0 Å². The lowest BCUT2D eigenvalue weighted by Gasteiger charge is -2.09. The first-order valence-corrected chi connectivity index (χ1v) is 6.68. The van der Waals surface area contributed by atoms with Crippen molar-refractivity contribution in [3.8, 4) is 0 Å². The zero-order chi connectivity index (χ0) is 13.4. The molecular weight excluding hydrogens is 279 g/mol. The van der Waals surface area contributed by atoms with E-state index in [2.05, 4.69) is 10.6 Å². The first-order chi connectivity index (χ1) is 9.15. The van der Waals surface area contributed by atoms with Gasteiger partial charge in [0.1, 0.15) is 0 Å². The summed E-state index contributed by atoms with van der Waals surface area (Å²) in [4.78, 5) is 0. The number of hydrogen-bond acceptors (Lipinski definition) is 1. The molecule has 0 saturated carbocycles. The number of halogens is 2. The van der Waals surface area contributed by atoms with E-state index in [9.17, 15) is 0 Å². The molecule has 0 aliphatic carbocycles. The quantitative estimate of drug-likeness (QED) is 0.688. The highest BCUT2D eigenvalue weighted by Crippen LogP contribution is 2.27. The molecule has 3 aromatic rings. The van der Waals surface area contributed by atoms with Crippen LogP contribution in [-0.4, -0.2) is 4.57 Å². The van der Waals surface area contributed by atoms with Crippen LogP contribution in [0.25, 0.3) is 10.9 Å². The monoisotopic (exact) mass is 290 g/mol. The molecule has 0 saturated heterocycles. The van der Waals surface area contributed by atoms with Gasteiger partial charge in [0.15, 0.2) is 0 Å². The first-order valence-electron chi connectivity index (χ1n) is 5.92. The lowest BCUT2D eigenvalue weighted by molar-refractivity contribution is 0.837. The van der Waals surface area contributed by atoms with Gasteiger partial charge in [-0.25, -0.2) is 0 Å². The van der Waals surface area contributed by atoms with Crippen LogP contribution in [0.2, 0.25) is 10.0 Å². The van der Waals surface area contributed by atoms with Crippen LogP contribution in [0.4, 0.5) is 5.69 Å². The van der Waals surface area contributed by atoms with Crippen LogP contribution in [-0.2, 0) is 6.54 Å². The van der Waals surface area contributed by atoms with E-state index in [1.54, 1.807) is 6.07 Å². The molecule has 0 atom stereocenters. The predicted molar refractivity (Wildman–Crippen MR) is 81.9 cm³/mol. The summed E-state index contributed by atoms with van der Waals surface area (Å²) in [6.45, 7) is 0.673. The number of benzene rings is 2. The van der Waals surface area contributed by atoms with Crippen molar-refractivity contribution < 1.29 is 0 Å². The molecule has 0 aliphatic heterocycles. The van der Waals surface area contributed by atoms with E-state index in [1.165, 1.54) is 0 Å². The smallest absolute Gasteiger partial charge is 0.0642 e. The molecule has 96 valence electrons. The number of aromatic nitrogens is 1. The molecule has 0 radical (unpaired) electrons. The van der Waals surface area contributed by atoms with Gasteiger partial charge in [0.25, 0.3) is 0 Å². The Labute approximate surface area is 121 Å². The summed E-state index contributed by atoms with van der Waals surface area (Å²) in [6, 6.07) is 13.6. The van der Waals surface area contributed by atoms with E-state index in [4.69, 9.17) is 28.9 Å². The predicted octanol–water partition coefficient (Wildman–Crippen LogP) is 4.58.